The molecule has 0 aliphatic rings. The third kappa shape index (κ3) is 4.83. The Balaban J connectivity index is 5.25. The molecule has 16 heavy (non-hydrogen) atoms. The zero-order valence-corrected chi connectivity index (χ0v) is 13.1. The fourth-order valence-electron chi connectivity index (χ4n) is 2.34. The van der Waals surface area contributed by atoms with Crippen LogP contribution in [0, 0.1) is 0 Å². The third-order valence-electron chi connectivity index (χ3n) is 2.45. The minimum atomic E-state index is -0.175. The maximum atomic E-state index is 4.01. The van der Waals surface area contributed by atoms with E-state index in [4.69, 9.17) is 0 Å². The van der Waals surface area contributed by atoms with E-state index in [0.29, 0.717) is 10.3 Å². The first-order valence-electron chi connectivity index (χ1n) is 6.27. The molecule has 0 nitrogen and oxygen atoms in total. The molecule has 0 aliphatic carbocycles. The van der Waals surface area contributed by atoms with Crippen LogP contribution >= 0.6 is 7.92 Å². The third-order valence-corrected chi connectivity index (χ3v) is 6.02. The van der Waals surface area contributed by atoms with Crippen molar-refractivity contribution in [2.24, 2.45) is 0 Å². The van der Waals surface area contributed by atoms with Crippen LogP contribution < -0.4 is 0 Å². The van der Waals surface area contributed by atoms with Gasteiger partial charge in [0.15, 0.2) is 0 Å². The van der Waals surface area contributed by atoms with Gasteiger partial charge in [-0.05, 0) is 22.0 Å². The predicted octanol–water partition coefficient (Wildman–Crippen LogP) is 5.94. The van der Waals surface area contributed by atoms with Gasteiger partial charge in [0.05, 0.1) is 0 Å². The van der Waals surface area contributed by atoms with Gasteiger partial charge in [-0.2, -0.15) is 0 Å². The molecule has 0 radical (unpaired) electrons. The highest BCUT2D eigenvalue weighted by Crippen LogP contribution is 2.64. The lowest BCUT2D eigenvalue weighted by Gasteiger charge is -2.42. The Morgan fingerprint density at radius 2 is 1.50 bits per heavy atom. The SMILES string of the molecule is C=C/C(=C\CCC)P(C(C)(C)C)C(C)(C)C. The van der Waals surface area contributed by atoms with Gasteiger partial charge in [-0.1, -0.05) is 81.5 Å². The van der Waals surface area contributed by atoms with Gasteiger partial charge < -0.3 is 0 Å². The summed E-state index contributed by atoms with van der Waals surface area (Å²) < 4.78 is 0. The molecule has 0 aromatic rings. The maximum Gasteiger partial charge on any atom is -0.0135 e. The monoisotopic (exact) mass is 240 g/mol. The van der Waals surface area contributed by atoms with E-state index in [1.807, 2.05) is 0 Å². The lowest BCUT2D eigenvalue weighted by atomic mass is 10.2. The van der Waals surface area contributed by atoms with Gasteiger partial charge in [0.25, 0.3) is 0 Å². The van der Waals surface area contributed by atoms with Crippen LogP contribution in [0.3, 0.4) is 0 Å². The molecule has 0 saturated carbocycles. The second kappa shape index (κ2) is 6.01. The molecule has 0 heterocycles. The molecule has 0 aliphatic heterocycles. The van der Waals surface area contributed by atoms with E-state index in [1.165, 1.54) is 18.2 Å². The Kier molecular flexibility index (Phi) is 5.98. The predicted molar refractivity (Wildman–Crippen MR) is 79.6 cm³/mol. The maximum absolute atomic E-state index is 4.01. The van der Waals surface area contributed by atoms with Crippen LogP contribution in [0.5, 0.6) is 0 Å². The van der Waals surface area contributed by atoms with Crippen LogP contribution in [0.4, 0.5) is 0 Å². The van der Waals surface area contributed by atoms with Crippen molar-refractivity contribution in [1.82, 2.24) is 0 Å². The molecule has 0 aromatic carbocycles. The van der Waals surface area contributed by atoms with Crippen LogP contribution in [0.15, 0.2) is 24.0 Å². The molecule has 0 N–H and O–H groups in total. The van der Waals surface area contributed by atoms with E-state index in [9.17, 15) is 0 Å². The van der Waals surface area contributed by atoms with E-state index in [2.05, 4.69) is 67.2 Å². The first-order chi connectivity index (χ1) is 7.14. The minimum absolute atomic E-state index is 0.175. The first kappa shape index (κ1) is 15.9. The summed E-state index contributed by atoms with van der Waals surface area (Å²) in [5.74, 6) is 0. The summed E-state index contributed by atoms with van der Waals surface area (Å²) in [6, 6.07) is 0. The highest BCUT2D eigenvalue weighted by atomic mass is 31.1. The fraction of sp³-hybridized carbons (Fsp3) is 0.733. The Hall–Kier alpha value is -0.0900. The molecular weight excluding hydrogens is 211 g/mol. The largest absolute Gasteiger partial charge is 0.0984 e. The second-order valence-corrected chi connectivity index (χ2v) is 10.2. The van der Waals surface area contributed by atoms with Crippen molar-refractivity contribution in [3.8, 4) is 0 Å². The van der Waals surface area contributed by atoms with Crippen LogP contribution in [-0.2, 0) is 0 Å². The number of hydrogen-bond donors (Lipinski definition) is 0. The van der Waals surface area contributed by atoms with Gasteiger partial charge in [-0.3, -0.25) is 0 Å². The highest BCUT2D eigenvalue weighted by Gasteiger charge is 2.35. The van der Waals surface area contributed by atoms with Crippen molar-refractivity contribution in [3.63, 3.8) is 0 Å². The average Bonchev–Trinajstić information content (AvgIpc) is 2.07. The Morgan fingerprint density at radius 1 is 1.06 bits per heavy atom. The summed E-state index contributed by atoms with van der Waals surface area (Å²) in [6.07, 6.45) is 6.87. The molecule has 0 atom stereocenters. The topological polar surface area (TPSA) is 0 Å². The van der Waals surface area contributed by atoms with Crippen LogP contribution in [0.1, 0.15) is 61.3 Å². The van der Waals surface area contributed by atoms with Crippen molar-refractivity contribution in [3.05, 3.63) is 24.0 Å². The van der Waals surface area contributed by atoms with E-state index < -0.39 is 0 Å². The summed E-state index contributed by atoms with van der Waals surface area (Å²) in [7, 11) is -0.175. The summed E-state index contributed by atoms with van der Waals surface area (Å²) in [4.78, 5) is 0. The number of hydrogen-bond acceptors (Lipinski definition) is 0. The van der Waals surface area contributed by atoms with Gasteiger partial charge >= 0.3 is 0 Å². The van der Waals surface area contributed by atoms with E-state index >= 15 is 0 Å². The molecule has 0 aromatic heterocycles. The van der Waals surface area contributed by atoms with E-state index in [0.717, 1.165) is 0 Å². The lowest BCUT2D eigenvalue weighted by Crippen LogP contribution is -2.25. The number of allylic oxidation sites excluding steroid dienone is 3. The van der Waals surface area contributed by atoms with E-state index in [1.54, 1.807) is 0 Å². The molecular formula is C15H29P. The summed E-state index contributed by atoms with van der Waals surface area (Å²) in [6.45, 7) is 20.4. The Morgan fingerprint density at radius 3 is 1.75 bits per heavy atom. The average molecular weight is 240 g/mol. The van der Waals surface area contributed by atoms with Crippen molar-refractivity contribution >= 4 is 7.92 Å². The Labute approximate surface area is 104 Å². The van der Waals surface area contributed by atoms with Crippen molar-refractivity contribution in [2.45, 2.75) is 71.6 Å². The van der Waals surface area contributed by atoms with Gasteiger partial charge in [0, 0.05) is 0 Å². The minimum Gasteiger partial charge on any atom is -0.0984 e. The van der Waals surface area contributed by atoms with Crippen molar-refractivity contribution in [1.29, 1.82) is 0 Å². The molecule has 94 valence electrons. The van der Waals surface area contributed by atoms with Crippen molar-refractivity contribution in [2.75, 3.05) is 0 Å². The summed E-state index contributed by atoms with van der Waals surface area (Å²) >= 11 is 0. The summed E-state index contributed by atoms with van der Waals surface area (Å²) in [5.41, 5.74) is 0. The van der Waals surface area contributed by atoms with Crippen LogP contribution in [-0.4, -0.2) is 10.3 Å². The molecule has 0 rings (SSSR count). The van der Waals surface area contributed by atoms with Crippen molar-refractivity contribution < 1.29 is 0 Å². The summed E-state index contributed by atoms with van der Waals surface area (Å²) in [5, 5.41) is 2.18. The second-order valence-electron chi connectivity index (χ2n) is 6.30. The van der Waals surface area contributed by atoms with E-state index in [-0.39, 0.29) is 7.92 Å². The first-order valence-corrected chi connectivity index (χ1v) is 7.61. The normalized spacial score (nSPS) is 14.4. The molecule has 0 amide bonds. The molecule has 0 saturated heterocycles. The Bertz CT molecular complexity index is 234. The van der Waals surface area contributed by atoms with Gasteiger partial charge in [-0.25, -0.2) is 0 Å². The zero-order valence-electron chi connectivity index (χ0n) is 12.2. The van der Waals surface area contributed by atoms with Gasteiger partial charge in [0.1, 0.15) is 0 Å². The van der Waals surface area contributed by atoms with Gasteiger partial charge in [0.2, 0.25) is 0 Å². The van der Waals surface area contributed by atoms with Gasteiger partial charge in [-0.15, -0.1) is 0 Å². The number of unbranched alkanes of at least 4 members (excludes halogenated alkanes) is 1. The molecule has 0 bridgehead atoms. The number of rotatable bonds is 4. The zero-order chi connectivity index (χ0) is 13.0. The van der Waals surface area contributed by atoms with Crippen LogP contribution in [0.25, 0.3) is 0 Å². The molecule has 0 unspecified atom stereocenters. The fourth-order valence-corrected chi connectivity index (χ4v) is 6.39. The van der Waals surface area contributed by atoms with Crippen LogP contribution in [0.2, 0.25) is 0 Å². The molecule has 0 fully saturated rings. The molecule has 0 spiro atoms. The highest BCUT2D eigenvalue weighted by molar-refractivity contribution is 7.65. The molecule has 1 heteroatoms. The standard InChI is InChI=1S/C15H29P/c1-9-11-12-13(10-2)16(14(3,4)5)15(6,7)8/h10,12H,2,9,11H2,1,3-8H3/b13-12+. The quantitative estimate of drug-likeness (QED) is 0.421. The lowest BCUT2D eigenvalue weighted by molar-refractivity contribution is 0.711. The smallest absolute Gasteiger partial charge is 0.0135 e.